The Morgan fingerprint density at radius 3 is 2.38 bits per heavy atom. The van der Waals surface area contributed by atoms with Gasteiger partial charge in [-0.2, -0.15) is 0 Å². The summed E-state index contributed by atoms with van der Waals surface area (Å²) in [5.41, 5.74) is 3.61. The molecule has 3 aromatic carbocycles. The third kappa shape index (κ3) is 3.55. The number of hydrogen-bond donors (Lipinski definition) is 1. The van der Waals surface area contributed by atoms with E-state index in [1.165, 1.54) is 12.1 Å². The van der Waals surface area contributed by atoms with E-state index >= 15 is 0 Å². The normalized spacial score (nSPS) is 10.7. The van der Waals surface area contributed by atoms with E-state index in [4.69, 9.17) is 9.72 Å². The van der Waals surface area contributed by atoms with Gasteiger partial charge in [-0.3, -0.25) is 4.79 Å². The summed E-state index contributed by atoms with van der Waals surface area (Å²) in [5, 5.41) is 3.41. The molecule has 1 heterocycles. The number of anilines is 1. The van der Waals surface area contributed by atoms with Crippen LogP contribution in [0.4, 0.5) is 10.1 Å². The van der Waals surface area contributed by atoms with Gasteiger partial charge in [0.2, 0.25) is 0 Å². The number of para-hydroxylation sites is 2. The fourth-order valence-electron chi connectivity index (χ4n) is 3.38. The number of halogens is 1. The molecule has 0 aliphatic carbocycles. The van der Waals surface area contributed by atoms with Gasteiger partial charge in [0.05, 0.1) is 29.6 Å². The van der Waals surface area contributed by atoms with Gasteiger partial charge in [-0.05, 0) is 55.0 Å². The number of aromatic nitrogens is 1. The summed E-state index contributed by atoms with van der Waals surface area (Å²) in [6, 6.07) is 21.1. The molecule has 4 aromatic rings. The molecule has 0 saturated heterocycles. The van der Waals surface area contributed by atoms with E-state index in [9.17, 15) is 9.18 Å². The summed E-state index contributed by atoms with van der Waals surface area (Å²) in [7, 11) is 1.61. The van der Waals surface area contributed by atoms with Crippen molar-refractivity contribution in [2.24, 2.45) is 0 Å². The number of nitrogens with zero attached hydrogens (tertiary/aromatic N) is 1. The predicted octanol–water partition coefficient (Wildman–Crippen LogP) is 5.61. The van der Waals surface area contributed by atoms with Gasteiger partial charge in [0, 0.05) is 10.9 Å². The van der Waals surface area contributed by atoms with Crippen molar-refractivity contribution in [2.75, 3.05) is 12.4 Å². The van der Waals surface area contributed by atoms with E-state index in [0.29, 0.717) is 16.8 Å². The van der Waals surface area contributed by atoms with Gasteiger partial charge in [-0.15, -0.1) is 0 Å². The first-order valence-electron chi connectivity index (χ1n) is 9.18. The molecule has 0 aliphatic heterocycles. The van der Waals surface area contributed by atoms with Crippen molar-refractivity contribution in [1.29, 1.82) is 0 Å². The van der Waals surface area contributed by atoms with E-state index in [1.54, 1.807) is 19.2 Å². The third-order valence-electron chi connectivity index (χ3n) is 4.85. The molecular formula is C24H19FN2O2. The molecule has 0 atom stereocenters. The third-order valence-corrected chi connectivity index (χ3v) is 4.85. The quantitative estimate of drug-likeness (QED) is 0.496. The Morgan fingerprint density at radius 2 is 1.66 bits per heavy atom. The van der Waals surface area contributed by atoms with Crippen LogP contribution < -0.4 is 10.1 Å². The minimum Gasteiger partial charge on any atom is -0.497 e. The van der Waals surface area contributed by atoms with Crippen LogP contribution >= 0.6 is 0 Å². The number of ether oxygens (including phenoxy) is 1. The molecule has 0 saturated carbocycles. The zero-order valence-corrected chi connectivity index (χ0v) is 16.1. The number of methoxy groups -OCH3 is 1. The molecule has 4 rings (SSSR count). The van der Waals surface area contributed by atoms with E-state index in [0.717, 1.165) is 22.3 Å². The highest BCUT2D eigenvalue weighted by atomic mass is 19.1. The molecule has 0 radical (unpaired) electrons. The van der Waals surface area contributed by atoms with Crippen molar-refractivity contribution in [3.63, 3.8) is 0 Å². The van der Waals surface area contributed by atoms with Gasteiger partial charge in [-0.1, -0.05) is 30.3 Å². The summed E-state index contributed by atoms with van der Waals surface area (Å²) in [5.74, 6) is -0.113. The number of benzene rings is 3. The minimum absolute atomic E-state index is 0.142. The van der Waals surface area contributed by atoms with E-state index in [2.05, 4.69) is 5.32 Å². The molecule has 0 bridgehead atoms. The van der Waals surface area contributed by atoms with Crippen molar-refractivity contribution in [1.82, 2.24) is 4.98 Å². The molecule has 0 aliphatic rings. The Morgan fingerprint density at radius 1 is 0.966 bits per heavy atom. The smallest absolute Gasteiger partial charge is 0.256 e. The first-order valence-corrected chi connectivity index (χ1v) is 9.18. The van der Waals surface area contributed by atoms with Crippen LogP contribution in [-0.2, 0) is 0 Å². The summed E-state index contributed by atoms with van der Waals surface area (Å²) in [4.78, 5) is 17.9. The number of nitrogens with one attached hydrogen (secondary N) is 1. The van der Waals surface area contributed by atoms with Crippen molar-refractivity contribution in [3.8, 4) is 17.0 Å². The lowest BCUT2D eigenvalue weighted by atomic mass is 9.97. The first-order chi connectivity index (χ1) is 14.1. The Kier molecular flexibility index (Phi) is 4.96. The van der Waals surface area contributed by atoms with Crippen LogP contribution in [0.15, 0.2) is 72.8 Å². The second-order valence-electron chi connectivity index (χ2n) is 6.64. The molecule has 5 heteroatoms. The molecule has 0 fully saturated rings. The standard InChI is InChI=1S/C24H19FN2O2/c1-15-22(24(28)27-21-10-6-4-8-19(21)25)18-7-3-5-9-20(18)26-23(15)16-11-13-17(29-2)14-12-16/h3-14H,1-2H3,(H,27,28). The second-order valence-corrected chi connectivity index (χ2v) is 6.64. The monoisotopic (exact) mass is 386 g/mol. The number of fused-ring (bicyclic) bond motifs is 1. The van der Waals surface area contributed by atoms with Gasteiger partial charge in [0.25, 0.3) is 5.91 Å². The van der Waals surface area contributed by atoms with Crippen LogP contribution in [-0.4, -0.2) is 18.0 Å². The molecule has 1 N–H and O–H groups in total. The van der Waals surface area contributed by atoms with Crippen molar-refractivity contribution < 1.29 is 13.9 Å². The number of pyridine rings is 1. The van der Waals surface area contributed by atoms with Crippen molar-refractivity contribution >= 4 is 22.5 Å². The minimum atomic E-state index is -0.479. The summed E-state index contributed by atoms with van der Waals surface area (Å²) in [6.07, 6.45) is 0. The zero-order valence-electron chi connectivity index (χ0n) is 16.1. The number of amides is 1. The van der Waals surface area contributed by atoms with Gasteiger partial charge in [0.1, 0.15) is 11.6 Å². The zero-order chi connectivity index (χ0) is 20.4. The van der Waals surface area contributed by atoms with Crippen molar-refractivity contribution in [2.45, 2.75) is 6.92 Å². The van der Waals surface area contributed by atoms with Crippen LogP contribution in [0.3, 0.4) is 0 Å². The average Bonchev–Trinajstić information content (AvgIpc) is 2.75. The van der Waals surface area contributed by atoms with E-state index < -0.39 is 5.82 Å². The van der Waals surface area contributed by atoms with Crippen LogP contribution in [0.1, 0.15) is 15.9 Å². The number of rotatable bonds is 4. The summed E-state index contributed by atoms with van der Waals surface area (Å²) < 4.78 is 19.3. The highest BCUT2D eigenvalue weighted by Gasteiger charge is 2.19. The largest absolute Gasteiger partial charge is 0.497 e. The maximum atomic E-state index is 14.1. The highest BCUT2D eigenvalue weighted by Crippen LogP contribution is 2.31. The topological polar surface area (TPSA) is 51.2 Å². The molecule has 4 nitrogen and oxygen atoms in total. The lowest BCUT2D eigenvalue weighted by Gasteiger charge is -2.15. The fourth-order valence-corrected chi connectivity index (χ4v) is 3.38. The second kappa shape index (κ2) is 7.72. The molecule has 0 unspecified atom stereocenters. The van der Waals surface area contributed by atoms with Gasteiger partial charge >= 0.3 is 0 Å². The van der Waals surface area contributed by atoms with E-state index in [-0.39, 0.29) is 11.6 Å². The van der Waals surface area contributed by atoms with Gasteiger partial charge in [-0.25, -0.2) is 9.37 Å². The molecule has 0 spiro atoms. The molecule has 144 valence electrons. The van der Waals surface area contributed by atoms with Crippen LogP contribution in [0.2, 0.25) is 0 Å². The summed E-state index contributed by atoms with van der Waals surface area (Å²) in [6.45, 7) is 1.86. The van der Waals surface area contributed by atoms with E-state index in [1.807, 2.05) is 55.5 Å². The summed E-state index contributed by atoms with van der Waals surface area (Å²) >= 11 is 0. The lowest BCUT2D eigenvalue weighted by Crippen LogP contribution is -2.16. The van der Waals surface area contributed by atoms with Crippen LogP contribution in [0.25, 0.3) is 22.2 Å². The van der Waals surface area contributed by atoms with Gasteiger partial charge in [0.15, 0.2) is 0 Å². The fraction of sp³-hybridized carbons (Fsp3) is 0.0833. The average molecular weight is 386 g/mol. The molecule has 1 amide bonds. The van der Waals surface area contributed by atoms with Crippen molar-refractivity contribution in [3.05, 3.63) is 89.7 Å². The van der Waals surface area contributed by atoms with Gasteiger partial charge < -0.3 is 10.1 Å². The molecule has 29 heavy (non-hydrogen) atoms. The molecule has 1 aromatic heterocycles. The number of carbonyl (C=O) groups is 1. The Labute approximate surface area is 168 Å². The SMILES string of the molecule is COc1ccc(-c2nc3ccccc3c(C(=O)Nc3ccccc3F)c2C)cc1. The number of hydrogen-bond acceptors (Lipinski definition) is 3. The Hall–Kier alpha value is -3.73. The maximum Gasteiger partial charge on any atom is 0.256 e. The van der Waals surface area contributed by atoms with Crippen LogP contribution in [0.5, 0.6) is 5.75 Å². The molecular weight excluding hydrogens is 367 g/mol. The highest BCUT2D eigenvalue weighted by molar-refractivity contribution is 6.14. The lowest BCUT2D eigenvalue weighted by molar-refractivity contribution is 0.102. The maximum absolute atomic E-state index is 14.1. The van der Waals surface area contributed by atoms with Crippen LogP contribution in [0, 0.1) is 12.7 Å². The Balaban J connectivity index is 1.86. The Bertz CT molecular complexity index is 1200. The predicted molar refractivity (Wildman–Crippen MR) is 113 cm³/mol. The number of carbonyl (C=O) groups excluding carboxylic acids is 1. The first kappa shape index (κ1) is 18.6.